The second-order valence-corrected chi connectivity index (χ2v) is 6.76. The van der Waals surface area contributed by atoms with Gasteiger partial charge in [-0.25, -0.2) is 4.79 Å². The fourth-order valence-electron chi connectivity index (χ4n) is 1.74. The minimum atomic E-state index is -0.318. The van der Waals surface area contributed by atoms with Crippen LogP contribution in [0.2, 0.25) is 0 Å². The average Bonchev–Trinajstić information content (AvgIpc) is 2.96. The highest BCUT2D eigenvalue weighted by atomic mass is 32.1. The lowest BCUT2D eigenvalue weighted by atomic mass is 10.2. The third-order valence-corrected chi connectivity index (χ3v) is 3.93. The Bertz CT molecular complexity index is 476. The molecule has 1 aliphatic heterocycles. The Morgan fingerprint density at radius 2 is 1.95 bits per heavy atom. The van der Waals surface area contributed by atoms with Crippen molar-refractivity contribution in [1.82, 2.24) is 5.32 Å². The lowest BCUT2D eigenvalue weighted by molar-refractivity contribution is -0.138. The van der Waals surface area contributed by atoms with Crippen molar-refractivity contribution in [3.05, 3.63) is 17.0 Å². The van der Waals surface area contributed by atoms with Gasteiger partial charge in [0.15, 0.2) is 0 Å². The van der Waals surface area contributed by atoms with Crippen LogP contribution in [0.1, 0.15) is 30.4 Å². The topological polar surface area (TPSA) is 67.9 Å². The summed E-state index contributed by atoms with van der Waals surface area (Å²) < 4.78 is 9.23. The zero-order chi connectivity index (χ0) is 16.6. The number of ether oxygens (including phenoxy) is 2. The maximum Gasteiger partial charge on any atom is 0.348 e. The number of thiophene rings is 1. The molecule has 7 heteroatoms. The van der Waals surface area contributed by atoms with Gasteiger partial charge in [-0.2, -0.15) is 0 Å². The molecular formula is C15H24N2O4S. The summed E-state index contributed by atoms with van der Waals surface area (Å²) in [5.41, 5.74) is -0.318. The van der Waals surface area contributed by atoms with Crippen molar-refractivity contribution in [2.75, 3.05) is 38.2 Å². The monoisotopic (exact) mass is 328 g/mol. The van der Waals surface area contributed by atoms with Crippen LogP contribution in [0.25, 0.3) is 0 Å². The largest absolute Gasteiger partial charge is 0.465 e. The highest BCUT2D eigenvalue weighted by Gasteiger charge is 2.15. The van der Waals surface area contributed by atoms with Crippen molar-refractivity contribution in [3.63, 3.8) is 0 Å². The molecule has 1 aliphatic rings. The van der Waals surface area contributed by atoms with Gasteiger partial charge < -0.3 is 19.7 Å². The van der Waals surface area contributed by atoms with Crippen LogP contribution in [0, 0.1) is 0 Å². The maximum absolute atomic E-state index is 11.3. The summed E-state index contributed by atoms with van der Waals surface area (Å²) in [6.07, 6.45) is 0. The Morgan fingerprint density at radius 1 is 1.32 bits per heavy atom. The second-order valence-electron chi connectivity index (χ2n) is 5.69. The van der Waals surface area contributed by atoms with Gasteiger partial charge in [-0.15, -0.1) is 11.3 Å². The number of hydrogen-bond acceptors (Lipinski definition) is 7. The van der Waals surface area contributed by atoms with E-state index in [4.69, 9.17) is 0 Å². The third kappa shape index (κ3) is 6.44. The number of carbonyl (C=O) groups is 2. The van der Waals surface area contributed by atoms with E-state index in [1.807, 2.05) is 32.9 Å². The van der Waals surface area contributed by atoms with Crippen LogP contribution in [0.15, 0.2) is 12.1 Å². The van der Waals surface area contributed by atoms with E-state index < -0.39 is 0 Å². The number of hydrogen-bond donors (Lipinski definition) is 1. The van der Waals surface area contributed by atoms with Crippen molar-refractivity contribution >= 4 is 28.8 Å². The first-order valence-electron chi connectivity index (χ1n) is 7.12. The fraction of sp³-hybridized carbons (Fsp3) is 0.600. The van der Waals surface area contributed by atoms with Crippen LogP contribution in [-0.4, -0.2) is 51.3 Å². The van der Waals surface area contributed by atoms with Crippen molar-refractivity contribution in [2.45, 2.75) is 26.4 Å². The molecule has 0 aromatic carbocycles. The Kier molecular flexibility index (Phi) is 7.34. The standard InChI is InChI=1S/C10H14N2O2S.C5H10O2/c1-14-10(13)8-2-3-9(15-8)12-6-4-11-5-7-12;1-5(2,3)7-4-6/h2-3,11H,4-7H2,1H3;4H,1-3H3. The summed E-state index contributed by atoms with van der Waals surface area (Å²) in [6, 6.07) is 3.82. The van der Waals surface area contributed by atoms with E-state index in [1.54, 1.807) is 0 Å². The van der Waals surface area contributed by atoms with E-state index in [9.17, 15) is 9.59 Å². The van der Waals surface area contributed by atoms with Gasteiger partial charge in [0.1, 0.15) is 10.5 Å². The minimum absolute atomic E-state index is 0.249. The van der Waals surface area contributed by atoms with Crippen LogP contribution < -0.4 is 10.2 Å². The molecule has 1 aromatic heterocycles. The molecule has 0 bridgehead atoms. The van der Waals surface area contributed by atoms with Crippen LogP contribution in [-0.2, 0) is 14.3 Å². The first kappa shape index (κ1) is 18.4. The van der Waals surface area contributed by atoms with Gasteiger partial charge in [0, 0.05) is 26.2 Å². The summed E-state index contributed by atoms with van der Waals surface area (Å²) in [6.45, 7) is 9.93. The summed E-state index contributed by atoms with van der Waals surface area (Å²) in [7, 11) is 1.41. The summed E-state index contributed by atoms with van der Waals surface area (Å²) >= 11 is 1.50. The molecule has 0 amide bonds. The molecule has 124 valence electrons. The number of nitrogens with one attached hydrogen (secondary N) is 1. The number of esters is 1. The van der Waals surface area contributed by atoms with E-state index >= 15 is 0 Å². The van der Waals surface area contributed by atoms with Gasteiger partial charge in [0.25, 0.3) is 6.47 Å². The van der Waals surface area contributed by atoms with Gasteiger partial charge in [0.05, 0.1) is 12.1 Å². The molecule has 1 aromatic rings. The number of nitrogens with zero attached hydrogens (tertiary/aromatic N) is 1. The second kappa shape index (κ2) is 8.75. The predicted molar refractivity (Wildman–Crippen MR) is 87.6 cm³/mol. The molecule has 2 heterocycles. The van der Waals surface area contributed by atoms with Crippen molar-refractivity contribution in [1.29, 1.82) is 0 Å². The van der Waals surface area contributed by atoms with E-state index in [0.29, 0.717) is 11.3 Å². The van der Waals surface area contributed by atoms with Crippen LogP contribution >= 0.6 is 11.3 Å². The summed E-state index contributed by atoms with van der Waals surface area (Å²) in [5, 5.41) is 4.45. The minimum Gasteiger partial charge on any atom is -0.465 e. The quantitative estimate of drug-likeness (QED) is 0.675. The third-order valence-electron chi connectivity index (χ3n) is 2.81. The van der Waals surface area contributed by atoms with E-state index in [-0.39, 0.29) is 11.6 Å². The zero-order valence-corrected chi connectivity index (χ0v) is 14.4. The zero-order valence-electron chi connectivity index (χ0n) is 13.5. The molecule has 6 nitrogen and oxygen atoms in total. The Labute approximate surface area is 135 Å². The first-order chi connectivity index (χ1) is 10.4. The molecule has 0 atom stereocenters. The number of methoxy groups -OCH3 is 1. The first-order valence-corrected chi connectivity index (χ1v) is 7.94. The summed E-state index contributed by atoms with van der Waals surface area (Å²) in [5.74, 6) is -0.249. The average molecular weight is 328 g/mol. The Hall–Kier alpha value is -1.60. The Balaban J connectivity index is 0.000000295. The number of carbonyl (C=O) groups excluding carboxylic acids is 2. The normalized spacial score (nSPS) is 14.6. The molecule has 0 aliphatic carbocycles. The molecular weight excluding hydrogens is 304 g/mol. The summed E-state index contributed by atoms with van der Waals surface area (Å²) in [4.78, 5) is 23.8. The molecule has 0 radical (unpaired) electrons. The fourth-order valence-corrected chi connectivity index (χ4v) is 2.71. The Morgan fingerprint density at radius 3 is 2.41 bits per heavy atom. The van der Waals surface area contributed by atoms with Crippen LogP contribution in [0.5, 0.6) is 0 Å². The SMILES string of the molecule is CC(C)(C)OC=O.COC(=O)c1ccc(N2CCNCC2)s1. The molecule has 0 spiro atoms. The lowest BCUT2D eigenvalue weighted by Gasteiger charge is -2.27. The van der Waals surface area contributed by atoms with E-state index in [1.165, 1.54) is 18.4 Å². The van der Waals surface area contributed by atoms with Crippen molar-refractivity contribution in [3.8, 4) is 0 Å². The van der Waals surface area contributed by atoms with Crippen molar-refractivity contribution < 1.29 is 19.1 Å². The number of piperazine rings is 1. The molecule has 1 saturated heterocycles. The maximum atomic E-state index is 11.3. The van der Waals surface area contributed by atoms with Crippen LogP contribution in [0.4, 0.5) is 5.00 Å². The van der Waals surface area contributed by atoms with E-state index in [0.717, 1.165) is 31.2 Å². The van der Waals surface area contributed by atoms with Gasteiger partial charge in [-0.1, -0.05) is 0 Å². The van der Waals surface area contributed by atoms with Gasteiger partial charge in [-0.05, 0) is 32.9 Å². The number of rotatable bonds is 3. The smallest absolute Gasteiger partial charge is 0.348 e. The number of anilines is 1. The molecule has 22 heavy (non-hydrogen) atoms. The van der Waals surface area contributed by atoms with Crippen molar-refractivity contribution in [2.24, 2.45) is 0 Å². The molecule has 0 saturated carbocycles. The van der Waals surface area contributed by atoms with Gasteiger partial charge in [0.2, 0.25) is 0 Å². The van der Waals surface area contributed by atoms with Crippen LogP contribution in [0.3, 0.4) is 0 Å². The highest BCUT2D eigenvalue weighted by molar-refractivity contribution is 7.17. The lowest BCUT2D eigenvalue weighted by Crippen LogP contribution is -2.43. The van der Waals surface area contributed by atoms with Gasteiger partial charge >= 0.3 is 5.97 Å². The highest BCUT2D eigenvalue weighted by Crippen LogP contribution is 2.26. The van der Waals surface area contributed by atoms with Gasteiger partial charge in [-0.3, -0.25) is 4.79 Å². The molecule has 0 unspecified atom stereocenters. The van der Waals surface area contributed by atoms with E-state index in [2.05, 4.69) is 19.7 Å². The molecule has 1 N–H and O–H groups in total. The molecule has 1 fully saturated rings. The molecule has 2 rings (SSSR count). The predicted octanol–water partition coefficient (Wildman–Crippen LogP) is 1.90.